The smallest absolute Gasteiger partial charge is 0.226 e. The van der Waals surface area contributed by atoms with Crippen molar-refractivity contribution in [3.05, 3.63) is 35.6 Å². The molecule has 0 radical (unpaired) electrons. The lowest BCUT2D eigenvalue weighted by atomic mass is 9.78. The first-order valence-electron chi connectivity index (χ1n) is 11.0. The molecule has 0 aliphatic carbocycles. The minimum atomic E-state index is -0.307. The van der Waals surface area contributed by atoms with Gasteiger partial charge in [-0.3, -0.25) is 9.59 Å². The van der Waals surface area contributed by atoms with Crippen LogP contribution in [-0.4, -0.2) is 60.0 Å². The zero-order chi connectivity index (χ0) is 20.3. The number of ether oxygens (including phenoxy) is 1. The van der Waals surface area contributed by atoms with Crippen LogP contribution in [0.15, 0.2) is 24.3 Å². The fraction of sp³-hybridized carbons (Fsp3) is 0.652. The Labute approximate surface area is 172 Å². The van der Waals surface area contributed by atoms with E-state index in [2.05, 4.69) is 0 Å². The maximum atomic E-state index is 13.4. The van der Waals surface area contributed by atoms with E-state index >= 15 is 0 Å². The lowest BCUT2D eigenvalue weighted by Crippen LogP contribution is -2.51. The van der Waals surface area contributed by atoms with Crippen LogP contribution >= 0.6 is 0 Å². The van der Waals surface area contributed by atoms with Crippen molar-refractivity contribution >= 4 is 11.8 Å². The van der Waals surface area contributed by atoms with E-state index < -0.39 is 0 Å². The summed E-state index contributed by atoms with van der Waals surface area (Å²) in [5.74, 6) is 0.415. The van der Waals surface area contributed by atoms with E-state index in [1.54, 1.807) is 12.1 Å². The molecule has 29 heavy (non-hydrogen) atoms. The first-order chi connectivity index (χ1) is 14.0. The number of benzene rings is 1. The van der Waals surface area contributed by atoms with Crippen molar-refractivity contribution in [3.8, 4) is 0 Å². The third-order valence-corrected chi connectivity index (χ3v) is 6.79. The first-order valence-corrected chi connectivity index (χ1v) is 11.0. The van der Waals surface area contributed by atoms with Gasteiger partial charge >= 0.3 is 0 Å². The monoisotopic (exact) mass is 402 g/mol. The van der Waals surface area contributed by atoms with Crippen LogP contribution in [0.1, 0.15) is 50.5 Å². The molecule has 3 heterocycles. The number of carbonyl (C=O) groups excluding carboxylic acids is 2. The number of amides is 2. The molecule has 0 N–H and O–H groups in total. The molecule has 1 unspecified atom stereocenters. The van der Waals surface area contributed by atoms with Gasteiger partial charge in [0.05, 0.1) is 12.0 Å². The molecule has 3 fully saturated rings. The zero-order valence-electron chi connectivity index (χ0n) is 17.1. The minimum absolute atomic E-state index is 0.0435. The summed E-state index contributed by atoms with van der Waals surface area (Å²) in [5, 5.41) is 0. The van der Waals surface area contributed by atoms with Crippen molar-refractivity contribution in [1.29, 1.82) is 0 Å². The second kappa shape index (κ2) is 8.82. The van der Waals surface area contributed by atoms with Crippen molar-refractivity contribution < 1.29 is 18.7 Å². The molecule has 1 aromatic rings. The van der Waals surface area contributed by atoms with Gasteiger partial charge in [0.25, 0.3) is 0 Å². The average Bonchev–Trinajstić information content (AvgIpc) is 3.24. The van der Waals surface area contributed by atoms with Gasteiger partial charge in [0.1, 0.15) is 5.82 Å². The minimum Gasteiger partial charge on any atom is -0.375 e. The number of nitrogens with zero attached hydrogens (tertiary/aromatic N) is 2. The molecule has 1 spiro atoms. The zero-order valence-corrected chi connectivity index (χ0v) is 17.1. The van der Waals surface area contributed by atoms with Crippen LogP contribution in [0.3, 0.4) is 0 Å². The Morgan fingerprint density at radius 1 is 1.07 bits per heavy atom. The Bertz CT molecular complexity index is 739. The Balaban J connectivity index is 1.28. The van der Waals surface area contributed by atoms with Gasteiger partial charge < -0.3 is 14.5 Å². The third-order valence-electron chi connectivity index (χ3n) is 6.79. The van der Waals surface area contributed by atoms with Crippen LogP contribution in [-0.2, 0) is 20.7 Å². The topological polar surface area (TPSA) is 49.9 Å². The average molecular weight is 403 g/mol. The number of hydrogen-bond donors (Lipinski definition) is 0. The number of likely N-dealkylation sites (tertiary alicyclic amines) is 2. The summed E-state index contributed by atoms with van der Waals surface area (Å²) in [7, 11) is 0. The third kappa shape index (κ3) is 4.97. The Morgan fingerprint density at radius 3 is 2.52 bits per heavy atom. The molecule has 158 valence electrons. The lowest BCUT2D eigenvalue weighted by Gasteiger charge is -2.46. The highest BCUT2D eigenvalue weighted by Gasteiger charge is 2.41. The van der Waals surface area contributed by atoms with Crippen LogP contribution < -0.4 is 0 Å². The summed E-state index contributed by atoms with van der Waals surface area (Å²) in [6.07, 6.45) is 6.62. The van der Waals surface area contributed by atoms with E-state index in [0.717, 1.165) is 51.6 Å². The van der Waals surface area contributed by atoms with Crippen LogP contribution in [0.2, 0.25) is 0 Å². The molecule has 5 nitrogen and oxygen atoms in total. The lowest BCUT2D eigenvalue weighted by molar-refractivity contribution is -0.149. The number of hydrogen-bond acceptors (Lipinski definition) is 3. The highest BCUT2D eigenvalue weighted by Crippen LogP contribution is 2.39. The molecule has 0 saturated carbocycles. The highest BCUT2D eigenvalue weighted by atomic mass is 19.1. The molecule has 3 saturated heterocycles. The fourth-order valence-electron chi connectivity index (χ4n) is 5.09. The predicted octanol–water partition coefficient (Wildman–Crippen LogP) is 3.17. The van der Waals surface area contributed by atoms with Crippen LogP contribution in [0, 0.1) is 11.7 Å². The second-order valence-corrected chi connectivity index (χ2v) is 8.87. The van der Waals surface area contributed by atoms with Gasteiger partial charge in [-0.25, -0.2) is 4.39 Å². The molecule has 3 aliphatic rings. The van der Waals surface area contributed by atoms with E-state index in [9.17, 15) is 14.0 Å². The van der Waals surface area contributed by atoms with E-state index in [1.807, 2.05) is 9.80 Å². The van der Waals surface area contributed by atoms with Crippen molar-refractivity contribution in [3.63, 3.8) is 0 Å². The predicted molar refractivity (Wildman–Crippen MR) is 108 cm³/mol. The second-order valence-electron chi connectivity index (χ2n) is 8.87. The summed E-state index contributed by atoms with van der Waals surface area (Å²) in [5.41, 5.74) is 0.522. The summed E-state index contributed by atoms with van der Waals surface area (Å²) < 4.78 is 19.5. The van der Waals surface area contributed by atoms with Crippen LogP contribution in [0.5, 0.6) is 0 Å². The number of piperidine rings is 1. The molecular formula is C23H31FN2O3. The molecule has 6 heteroatoms. The molecule has 2 amide bonds. The Kier molecular flexibility index (Phi) is 6.18. The molecule has 0 aromatic heterocycles. The normalized spacial score (nSPS) is 24.1. The summed E-state index contributed by atoms with van der Waals surface area (Å²) in [6, 6.07) is 6.25. The standard InChI is InChI=1S/C23H31FN2O3/c24-20-5-3-4-18(14-20)15-21(27)26-11-7-23(8-12-26)17-19(6-13-29-23)16-22(28)25-9-1-2-10-25/h3-5,14,19H,1-2,6-13,15-17H2. The highest BCUT2D eigenvalue weighted by molar-refractivity contribution is 5.79. The molecule has 1 aromatic carbocycles. The van der Waals surface area contributed by atoms with Gasteiger partial charge in [0.2, 0.25) is 11.8 Å². The number of carbonyl (C=O) groups is 2. The van der Waals surface area contributed by atoms with Crippen molar-refractivity contribution in [1.82, 2.24) is 9.80 Å². The SMILES string of the molecule is O=C(Cc1cccc(F)c1)N1CCC2(CC1)CC(CC(=O)N1CCCC1)CCO2. The van der Waals surface area contributed by atoms with Crippen LogP contribution in [0.25, 0.3) is 0 Å². The van der Waals surface area contributed by atoms with E-state index in [-0.39, 0.29) is 23.7 Å². The van der Waals surface area contributed by atoms with Gasteiger partial charge in [-0.2, -0.15) is 0 Å². The summed E-state index contributed by atoms with van der Waals surface area (Å²) in [6.45, 7) is 3.86. The van der Waals surface area contributed by atoms with Crippen LogP contribution in [0.4, 0.5) is 4.39 Å². The van der Waals surface area contributed by atoms with E-state index in [1.165, 1.54) is 12.1 Å². The fourth-order valence-corrected chi connectivity index (χ4v) is 5.09. The van der Waals surface area contributed by atoms with Crippen molar-refractivity contribution in [2.75, 3.05) is 32.8 Å². The van der Waals surface area contributed by atoms with Gasteiger partial charge in [0, 0.05) is 39.2 Å². The number of halogens is 1. The molecule has 4 rings (SSSR count). The van der Waals surface area contributed by atoms with Gasteiger partial charge in [-0.1, -0.05) is 12.1 Å². The van der Waals surface area contributed by atoms with Gasteiger partial charge in [-0.15, -0.1) is 0 Å². The number of rotatable bonds is 4. The molecule has 1 atom stereocenters. The quantitative estimate of drug-likeness (QED) is 0.777. The molecular weight excluding hydrogens is 371 g/mol. The van der Waals surface area contributed by atoms with Gasteiger partial charge in [0.15, 0.2) is 0 Å². The Morgan fingerprint density at radius 2 is 1.79 bits per heavy atom. The molecule has 0 bridgehead atoms. The van der Waals surface area contributed by atoms with Crippen molar-refractivity contribution in [2.45, 2.75) is 57.0 Å². The van der Waals surface area contributed by atoms with Crippen molar-refractivity contribution in [2.24, 2.45) is 5.92 Å². The summed E-state index contributed by atoms with van der Waals surface area (Å²) in [4.78, 5) is 29.0. The maximum Gasteiger partial charge on any atom is 0.226 e. The van der Waals surface area contributed by atoms with E-state index in [4.69, 9.17) is 4.74 Å². The first kappa shape index (κ1) is 20.3. The Hall–Kier alpha value is -1.95. The molecule has 3 aliphatic heterocycles. The van der Waals surface area contributed by atoms with Gasteiger partial charge in [-0.05, 0) is 62.1 Å². The summed E-state index contributed by atoms with van der Waals surface area (Å²) >= 11 is 0. The maximum absolute atomic E-state index is 13.4. The van der Waals surface area contributed by atoms with E-state index in [0.29, 0.717) is 43.5 Å². The largest absolute Gasteiger partial charge is 0.375 e.